The summed E-state index contributed by atoms with van der Waals surface area (Å²) in [6, 6.07) is 13.4. The van der Waals surface area contributed by atoms with Crippen molar-refractivity contribution in [3.05, 3.63) is 94.5 Å². The van der Waals surface area contributed by atoms with Crippen LogP contribution in [0.25, 0.3) is 0 Å². The lowest BCUT2D eigenvalue weighted by Gasteiger charge is -2.48. The van der Waals surface area contributed by atoms with E-state index in [1.807, 2.05) is 31.2 Å². The number of carbonyl (C=O) groups excluding carboxylic acids is 1. The van der Waals surface area contributed by atoms with Crippen molar-refractivity contribution >= 4 is 33.2 Å². The fourth-order valence-corrected chi connectivity index (χ4v) is 9.99. The number of nitrogens with zero attached hydrogens (tertiary/aromatic N) is 3. The second-order valence-corrected chi connectivity index (χ2v) is 17.5. The number of carbonyl (C=O) groups is 1. The van der Waals surface area contributed by atoms with Crippen molar-refractivity contribution in [2.75, 3.05) is 31.7 Å². The number of halogens is 1. The molecule has 2 aliphatic heterocycles. The fourth-order valence-electron chi connectivity index (χ4n) is 8.51. The summed E-state index contributed by atoms with van der Waals surface area (Å²) in [5, 5.41) is -0.0888. The molecule has 6 atom stereocenters. The van der Waals surface area contributed by atoms with Gasteiger partial charge in [0.15, 0.2) is 0 Å². The van der Waals surface area contributed by atoms with Crippen molar-refractivity contribution < 1.29 is 22.7 Å². The van der Waals surface area contributed by atoms with E-state index in [0.29, 0.717) is 44.7 Å². The smallest absolute Gasteiger partial charge is 0.264 e. The van der Waals surface area contributed by atoms with Crippen molar-refractivity contribution in [3.63, 3.8) is 0 Å². The van der Waals surface area contributed by atoms with Crippen LogP contribution in [-0.4, -0.2) is 62.0 Å². The number of fused-ring (bicyclic) bond motifs is 4. The van der Waals surface area contributed by atoms with Gasteiger partial charge < -0.3 is 14.4 Å². The first-order valence-electron chi connectivity index (χ1n) is 18.4. The van der Waals surface area contributed by atoms with Gasteiger partial charge in [-0.15, -0.1) is 0 Å². The maximum Gasteiger partial charge on any atom is 0.264 e. The molecular weight excluding hydrogens is 696 g/mol. The molecule has 1 spiro atoms. The van der Waals surface area contributed by atoms with Gasteiger partial charge in [-0.25, -0.2) is 23.1 Å². The van der Waals surface area contributed by atoms with Crippen LogP contribution in [0.1, 0.15) is 79.6 Å². The number of hydrogen-bond donors (Lipinski definition) is 1. The molecule has 1 amide bonds. The number of aromatic nitrogens is 2. The van der Waals surface area contributed by atoms with Gasteiger partial charge in [-0.2, -0.15) is 0 Å². The number of sulfonamides is 1. The Morgan fingerprint density at radius 3 is 2.79 bits per heavy atom. The van der Waals surface area contributed by atoms with Crippen LogP contribution in [0.2, 0.25) is 5.02 Å². The van der Waals surface area contributed by atoms with E-state index in [1.165, 1.54) is 11.1 Å². The van der Waals surface area contributed by atoms with Crippen LogP contribution >= 0.6 is 11.6 Å². The number of methoxy groups -OCH3 is 1. The van der Waals surface area contributed by atoms with Crippen molar-refractivity contribution in [2.45, 2.75) is 81.5 Å². The summed E-state index contributed by atoms with van der Waals surface area (Å²) in [6.45, 7) is 5.40. The lowest BCUT2D eigenvalue weighted by molar-refractivity contribution is -0.0351. The maximum atomic E-state index is 13.6. The van der Waals surface area contributed by atoms with Crippen LogP contribution < -0.4 is 14.4 Å². The highest BCUT2D eigenvalue weighted by Gasteiger charge is 2.48. The van der Waals surface area contributed by atoms with E-state index in [1.54, 1.807) is 38.7 Å². The Morgan fingerprint density at radius 1 is 1.15 bits per heavy atom. The second-order valence-electron chi connectivity index (χ2n) is 15.0. The number of aryl methyl sites for hydroxylation is 2. The average Bonchev–Trinajstić information content (AvgIpc) is 3.27. The van der Waals surface area contributed by atoms with E-state index < -0.39 is 26.8 Å². The third kappa shape index (κ3) is 7.20. The molecule has 3 aromatic rings. The Labute approximate surface area is 312 Å². The Morgan fingerprint density at radius 2 is 2.02 bits per heavy atom. The SMILES string of the molecule is CO[C@@]1(C#CCCc2ccncn2)/C=C/C[C@H](C)[C@@H](C)S(=O)(=O)NC(=O)c2ccc3c(c2)N(C[C@@H]2CC[C@H]21)C[C@@]1(CCCc2cc(Cl)ccc21)CO3. The molecule has 1 fully saturated rings. The molecule has 2 aromatic carbocycles. The average molecular weight is 743 g/mol. The molecule has 52 heavy (non-hydrogen) atoms. The third-order valence-electron chi connectivity index (χ3n) is 11.9. The molecule has 1 aromatic heterocycles. The summed E-state index contributed by atoms with van der Waals surface area (Å²) in [4.78, 5) is 24.3. The minimum absolute atomic E-state index is 0.0946. The van der Waals surface area contributed by atoms with Gasteiger partial charge in [-0.1, -0.05) is 42.5 Å². The maximum absolute atomic E-state index is 13.6. The van der Waals surface area contributed by atoms with Gasteiger partial charge in [0.05, 0.1) is 17.5 Å². The van der Waals surface area contributed by atoms with E-state index in [9.17, 15) is 13.2 Å². The molecule has 2 bridgehead atoms. The molecular formula is C41H47ClN4O5S. The van der Waals surface area contributed by atoms with Crippen molar-refractivity contribution in [3.8, 4) is 17.6 Å². The first-order valence-corrected chi connectivity index (χ1v) is 20.3. The highest BCUT2D eigenvalue weighted by atomic mass is 35.5. The van der Waals surface area contributed by atoms with Crippen LogP contribution in [0.4, 0.5) is 5.69 Å². The van der Waals surface area contributed by atoms with E-state index in [2.05, 4.69) is 49.6 Å². The van der Waals surface area contributed by atoms with Crippen LogP contribution in [0, 0.1) is 29.6 Å². The Kier molecular flexibility index (Phi) is 10.4. The summed E-state index contributed by atoms with van der Waals surface area (Å²) in [5.74, 6) is 7.07. The van der Waals surface area contributed by atoms with Crippen LogP contribution in [0.15, 0.2) is 67.1 Å². The van der Waals surface area contributed by atoms with Gasteiger partial charge in [-0.05, 0) is 111 Å². The lowest BCUT2D eigenvalue weighted by atomic mass is 9.64. The quantitative estimate of drug-likeness (QED) is 0.234. The number of amides is 1. The van der Waals surface area contributed by atoms with Crippen molar-refractivity contribution in [1.82, 2.24) is 14.7 Å². The molecule has 274 valence electrons. The Hall–Kier alpha value is -3.91. The molecule has 0 unspecified atom stereocenters. The number of benzene rings is 2. The lowest BCUT2D eigenvalue weighted by Crippen LogP contribution is -2.52. The summed E-state index contributed by atoms with van der Waals surface area (Å²) < 4.78 is 42.5. The van der Waals surface area contributed by atoms with Gasteiger partial charge in [0.25, 0.3) is 5.91 Å². The normalized spacial score (nSPS) is 30.2. The summed E-state index contributed by atoms with van der Waals surface area (Å²) >= 11 is 6.48. The molecule has 3 heterocycles. The predicted molar refractivity (Wildman–Crippen MR) is 203 cm³/mol. The van der Waals surface area contributed by atoms with Crippen molar-refractivity contribution in [2.24, 2.45) is 17.8 Å². The van der Waals surface area contributed by atoms with Crippen LogP contribution in [0.3, 0.4) is 0 Å². The minimum Gasteiger partial charge on any atom is -0.490 e. The van der Waals surface area contributed by atoms with E-state index in [4.69, 9.17) is 21.1 Å². The molecule has 7 rings (SSSR count). The monoisotopic (exact) mass is 742 g/mol. The molecule has 1 N–H and O–H groups in total. The summed E-state index contributed by atoms with van der Waals surface area (Å²) in [6.07, 6.45) is 14.0. The highest BCUT2D eigenvalue weighted by Crippen LogP contribution is 2.49. The van der Waals surface area contributed by atoms with Crippen LogP contribution in [0.5, 0.6) is 5.75 Å². The van der Waals surface area contributed by atoms with Gasteiger partial charge in [0, 0.05) is 66.9 Å². The molecule has 2 aliphatic carbocycles. The number of anilines is 1. The standard InChI is InChI=1S/C41H47ClN4O5S/c1-28-8-6-20-41(50-3,19-5-4-10-34-17-21-43-27-44-34)36-14-11-32(36)24-46-25-40(18-7-9-30-22-33(42)13-15-35(30)40)26-51-38-16-12-31(23-37(38)46)39(47)45-52(48,49)29(28)2/h6,12-13,15-17,20-23,27-29,32,36H,4,7-11,14,18,24-26H2,1-3H3,(H,45,47)/b20-6+/t28-,29+,32-,36+,40-,41-/m0/s1. The fraction of sp³-hybridized carbons (Fsp3) is 0.488. The van der Waals surface area contributed by atoms with Gasteiger partial charge >= 0.3 is 0 Å². The number of rotatable bonds is 3. The first kappa shape index (κ1) is 36.4. The summed E-state index contributed by atoms with van der Waals surface area (Å²) in [7, 11) is -2.26. The molecule has 11 heteroatoms. The topological polar surface area (TPSA) is 111 Å². The number of nitrogens with one attached hydrogen (secondary N) is 1. The van der Waals surface area contributed by atoms with Crippen molar-refractivity contribution in [1.29, 1.82) is 0 Å². The van der Waals surface area contributed by atoms with Gasteiger partial charge in [0.2, 0.25) is 10.0 Å². The molecule has 4 aliphatic rings. The number of hydrogen-bond acceptors (Lipinski definition) is 8. The Bertz CT molecular complexity index is 2010. The van der Waals surface area contributed by atoms with E-state index in [-0.39, 0.29) is 28.7 Å². The van der Waals surface area contributed by atoms with Gasteiger partial charge in [-0.3, -0.25) is 4.79 Å². The van der Waals surface area contributed by atoms with E-state index in [0.717, 1.165) is 48.5 Å². The molecule has 1 saturated carbocycles. The van der Waals surface area contributed by atoms with Gasteiger partial charge in [0.1, 0.15) is 17.7 Å². The highest BCUT2D eigenvalue weighted by molar-refractivity contribution is 7.90. The van der Waals surface area contributed by atoms with E-state index >= 15 is 0 Å². The minimum atomic E-state index is -3.98. The largest absolute Gasteiger partial charge is 0.490 e. The summed E-state index contributed by atoms with van der Waals surface area (Å²) in [5.41, 5.74) is 3.35. The zero-order valence-electron chi connectivity index (χ0n) is 30.1. The number of ether oxygens (including phenoxy) is 2. The van der Waals surface area contributed by atoms with Crippen LogP contribution in [-0.2, 0) is 33.0 Å². The third-order valence-corrected chi connectivity index (χ3v) is 14.0. The Balaban J connectivity index is 1.30. The predicted octanol–water partition coefficient (Wildman–Crippen LogP) is 6.69. The number of allylic oxidation sites excluding steroid dienone is 1. The first-order chi connectivity index (χ1) is 25.0. The molecule has 9 nitrogen and oxygen atoms in total. The zero-order valence-corrected chi connectivity index (χ0v) is 31.7. The molecule has 0 saturated heterocycles. The zero-order chi connectivity index (χ0) is 36.5. The molecule has 0 radical (unpaired) electrons. The second kappa shape index (κ2) is 14.8.